The first-order valence-corrected chi connectivity index (χ1v) is 11.2. The summed E-state index contributed by atoms with van der Waals surface area (Å²) in [4.78, 5) is 16.7. The van der Waals surface area contributed by atoms with E-state index in [9.17, 15) is 4.79 Å². The molecular formula is C24H24Cl2N4O. The van der Waals surface area contributed by atoms with Gasteiger partial charge in [0.15, 0.2) is 5.82 Å². The summed E-state index contributed by atoms with van der Waals surface area (Å²) in [7, 11) is 0. The van der Waals surface area contributed by atoms with Crippen molar-refractivity contribution in [3.63, 3.8) is 0 Å². The molecule has 0 radical (unpaired) electrons. The van der Waals surface area contributed by atoms with Crippen LogP contribution in [0.2, 0.25) is 10.0 Å². The zero-order valence-corrected chi connectivity index (χ0v) is 18.7. The molecule has 0 spiro atoms. The van der Waals surface area contributed by atoms with E-state index in [4.69, 9.17) is 23.2 Å². The number of rotatable bonds is 6. The molecule has 4 rings (SSSR count). The van der Waals surface area contributed by atoms with E-state index in [2.05, 4.69) is 27.2 Å². The summed E-state index contributed by atoms with van der Waals surface area (Å²) in [5, 5.41) is 9.85. The van der Waals surface area contributed by atoms with Crippen LogP contribution in [0.1, 0.15) is 18.4 Å². The van der Waals surface area contributed by atoms with Crippen molar-refractivity contribution in [1.29, 1.82) is 0 Å². The smallest absolute Gasteiger partial charge is 0.222 e. The highest BCUT2D eigenvalue weighted by molar-refractivity contribution is 6.36. The third-order valence-electron chi connectivity index (χ3n) is 5.51. The lowest BCUT2D eigenvalue weighted by Crippen LogP contribution is -2.49. The van der Waals surface area contributed by atoms with Crippen LogP contribution >= 0.6 is 23.2 Å². The molecule has 1 aliphatic rings. The van der Waals surface area contributed by atoms with Crippen LogP contribution in [0.15, 0.2) is 60.7 Å². The van der Waals surface area contributed by atoms with Gasteiger partial charge in [0, 0.05) is 43.2 Å². The lowest BCUT2D eigenvalue weighted by atomic mass is 10.1. The first-order chi connectivity index (χ1) is 15.1. The molecular weight excluding hydrogens is 431 g/mol. The fourth-order valence-corrected chi connectivity index (χ4v) is 4.27. The van der Waals surface area contributed by atoms with E-state index in [1.165, 1.54) is 5.56 Å². The van der Waals surface area contributed by atoms with Crippen molar-refractivity contribution in [2.45, 2.75) is 19.3 Å². The lowest BCUT2D eigenvalue weighted by molar-refractivity contribution is -0.131. The molecule has 5 nitrogen and oxygen atoms in total. The Kier molecular flexibility index (Phi) is 7.05. The molecule has 0 N–H and O–H groups in total. The maximum Gasteiger partial charge on any atom is 0.222 e. The van der Waals surface area contributed by atoms with E-state index in [1.807, 2.05) is 41.3 Å². The summed E-state index contributed by atoms with van der Waals surface area (Å²) in [6.45, 7) is 2.91. The van der Waals surface area contributed by atoms with Crippen molar-refractivity contribution >= 4 is 34.9 Å². The number of hydrogen-bond acceptors (Lipinski definition) is 4. The lowest BCUT2D eigenvalue weighted by Gasteiger charge is -2.35. The molecule has 0 aliphatic carbocycles. The molecule has 7 heteroatoms. The summed E-state index contributed by atoms with van der Waals surface area (Å²) in [5.41, 5.74) is 2.79. The number of anilines is 1. The zero-order valence-electron chi connectivity index (χ0n) is 17.2. The number of hydrogen-bond donors (Lipinski definition) is 0. The second-order valence-electron chi connectivity index (χ2n) is 7.61. The molecule has 1 fully saturated rings. The Morgan fingerprint density at radius 2 is 1.68 bits per heavy atom. The highest BCUT2D eigenvalue weighted by atomic mass is 35.5. The summed E-state index contributed by atoms with van der Waals surface area (Å²) in [6.07, 6.45) is 2.40. The number of aromatic nitrogens is 2. The van der Waals surface area contributed by atoms with Crippen molar-refractivity contribution < 1.29 is 4.79 Å². The van der Waals surface area contributed by atoms with Gasteiger partial charge in [-0.15, -0.1) is 10.2 Å². The number of aryl methyl sites for hydroxylation is 1. The van der Waals surface area contributed by atoms with Crippen LogP contribution in [0.5, 0.6) is 0 Å². The highest BCUT2D eigenvalue weighted by Gasteiger charge is 2.22. The molecule has 1 aromatic heterocycles. The van der Waals surface area contributed by atoms with E-state index >= 15 is 0 Å². The topological polar surface area (TPSA) is 49.3 Å². The van der Waals surface area contributed by atoms with Gasteiger partial charge in [0.25, 0.3) is 0 Å². The van der Waals surface area contributed by atoms with Gasteiger partial charge in [-0.2, -0.15) is 0 Å². The van der Waals surface area contributed by atoms with Gasteiger partial charge in [-0.3, -0.25) is 4.79 Å². The molecule has 31 heavy (non-hydrogen) atoms. The van der Waals surface area contributed by atoms with Crippen molar-refractivity contribution in [1.82, 2.24) is 15.1 Å². The van der Waals surface area contributed by atoms with Gasteiger partial charge in [-0.1, -0.05) is 53.5 Å². The van der Waals surface area contributed by atoms with Crippen LogP contribution in [0.4, 0.5) is 5.82 Å². The monoisotopic (exact) mass is 454 g/mol. The van der Waals surface area contributed by atoms with E-state index in [0.717, 1.165) is 37.3 Å². The van der Waals surface area contributed by atoms with Crippen molar-refractivity contribution in [2.24, 2.45) is 0 Å². The maximum absolute atomic E-state index is 12.5. The Morgan fingerprint density at radius 1 is 0.903 bits per heavy atom. The predicted octanol–water partition coefficient (Wildman–Crippen LogP) is 5.12. The molecule has 3 aromatic rings. The van der Waals surface area contributed by atoms with Gasteiger partial charge in [-0.05, 0) is 48.7 Å². The largest absolute Gasteiger partial charge is 0.352 e. The zero-order chi connectivity index (χ0) is 21.6. The van der Waals surface area contributed by atoms with Gasteiger partial charge in [0.05, 0.1) is 10.7 Å². The Balaban J connectivity index is 1.28. The molecule has 1 aliphatic heterocycles. The molecule has 160 valence electrons. The van der Waals surface area contributed by atoms with Gasteiger partial charge in [0.1, 0.15) is 0 Å². The van der Waals surface area contributed by atoms with Crippen LogP contribution < -0.4 is 4.90 Å². The SMILES string of the molecule is O=C(CCCc1ccccc1)N1CCN(c2ccc(-c3ccc(Cl)cc3Cl)nn2)CC1. The number of nitrogens with zero attached hydrogens (tertiary/aromatic N) is 4. The summed E-state index contributed by atoms with van der Waals surface area (Å²) in [5.74, 6) is 1.04. The number of carbonyl (C=O) groups excluding carboxylic acids is 1. The van der Waals surface area contributed by atoms with Crippen molar-refractivity contribution in [3.05, 3.63) is 76.3 Å². The highest BCUT2D eigenvalue weighted by Crippen LogP contribution is 2.29. The van der Waals surface area contributed by atoms with Crippen molar-refractivity contribution in [2.75, 3.05) is 31.1 Å². The van der Waals surface area contributed by atoms with E-state index in [-0.39, 0.29) is 5.91 Å². The fourth-order valence-electron chi connectivity index (χ4n) is 3.77. The van der Waals surface area contributed by atoms with E-state index in [1.54, 1.807) is 12.1 Å². The molecule has 0 atom stereocenters. The molecule has 2 heterocycles. The van der Waals surface area contributed by atoms with Crippen molar-refractivity contribution in [3.8, 4) is 11.3 Å². The van der Waals surface area contributed by atoms with Gasteiger partial charge in [-0.25, -0.2) is 0 Å². The third kappa shape index (κ3) is 5.54. The normalized spacial score (nSPS) is 14.0. The Labute approximate surface area is 192 Å². The Hall–Kier alpha value is -2.63. The summed E-state index contributed by atoms with van der Waals surface area (Å²) < 4.78 is 0. The van der Waals surface area contributed by atoms with Gasteiger partial charge < -0.3 is 9.80 Å². The van der Waals surface area contributed by atoms with Crippen LogP contribution in [-0.4, -0.2) is 47.2 Å². The minimum absolute atomic E-state index is 0.231. The van der Waals surface area contributed by atoms with Crippen LogP contribution in [0.25, 0.3) is 11.3 Å². The number of halogens is 2. The van der Waals surface area contributed by atoms with Crippen LogP contribution in [-0.2, 0) is 11.2 Å². The molecule has 0 bridgehead atoms. The van der Waals surface area contributed by atoms with Crippen LogP contribution in [0.3, 0.4) is 0 Å². The summed E-state index contributed by atoms with van der Waals surface area (Å²) >= 11 is 12.2. The summed E-state index contributed by atoms with van der Waals surface area (Å²) in [6, 6.07) is 19.5. The number of piperazine rings is 1. The standard InChI is InChI=1S/C24H24Cl2N4O/c25-19-9-10-20(21(26)17-19)22-11-12-23(28-27-22)29-13-15-30(16-14-29)24(31)8-4-7-18-5-2-1-3-6-18/h1-3,5-6,9-12,17H,4,7-8,13-16H2. The maximum atomic E-state index is 12.5. The Morgan fingerprint density at radius 3 is 2.35 bits per heavy atom. The average molecular weight is 455 g/mol. The fraction of sp³-hybridized carbons (Fsp3) is 0.292. The van der Waals surface area contributed by atoms with Crippen LogP contribution in [0, 0.1) is 0 Å². The third-order valence-corrected chi connectivity index (χ3v) is 6.06. The molecule has 0 saturated carbocycles. The molecule has 0 unspecified atom stereocenters. The number of benzene rings is 2. The number of carbonyl (C=O) groups is 1. The molecule has 1 saturated heterocycles. The van der Waals surface area contributed by atoms with Gasteiger partial charge in [0.2, 0.25) is 5.91 Å². The quantitative estimate of drug-likeness (QED) is 0.518. The first-order valence-electron chi connectivity index (χ1n) is 10.5. The molecule has 2 aromatic carbocycles. The van der Waals surface area contributed by atoms with Gasteiger partial charge >= 0.3 is 0 Å². The predicted molar refractivity (Wildman–Crippen MR) is 126 cm³/mol. The minimum atomic E-state index is 0.231. The first kappa shape index (κ1) is 21.6. The van der Waals surface area contributed by atoms with E-state index < -0.39 is 0 Å². The average Bonchev–Trinajstić information content (AvgIpc) is 2.80. The van der Waals surface area contributed by atoms with E-state index in [0.29, 0.717) is 35.2 Å². The second kappa shape index (κ2) is 10.1. The minimum Gasteiger partial charge on any atom is -0.352 e. The Bertz CT molecular complexity index is 1020. The molecule has 1 amide bonds. The number of amides is 1. The second-order valence-corrected chi connectivity index (χ2v) is 8.45.